The predicted octanol–water partition coefficient (Wildman–Crippen LogP) is 1.40. The standard InChI is InChI=1S/C15H19NO4/c1-10(14(19)16-15(2,8-17)9-18)13-7-11-5-3-4-6-12(11)20-13/h3-7,10,17-18H,8-9H2,1-2H3,(H,16,19)/t10-/m1/s1. The summed E-state index contributed by atoms with van der Waals surface area (Å²) in [4.78, 5) is 12.2. The molecule has 0 saturated carbocycles. The Morgan fingerprint density at radius 1 is 1.35 bits per heavy atom. The molecule has 1 amide bonds. The molecule has 5 heteroatoms. The van der Waals surface area contributed by atoms with E-state index in [4.69, 9.17) is 4.42 Å². The van der Waals surface area contributed by atoms with E-state index in [2.05, 4.69) is 5.32 Å². The number of hydrogen-bond donors (Lipinski definition) is 3. The van der Waals surface area contributed by atoms with Gasteiger partial charge in [0.15, 0.2) is 0 Å². The van der Waals surface area contributed by atoms with Gasteiger partial charge in [-0.15, -0.1) is 0 Å². The van der Waals surface area contributed by atoms with Crippen molar-refractivity contribution in [1.29, 1.82) is 0 Å². The number of aliphatic hydroxyl groups excluding tert-OH is 2. The number of fused-ring (bicyclic) bond motifs is 1. The van der Waals surface area contributed by atoms with Crippen molar-refractivity contribution in [3.63, 3.8) is 0 Å². The smallest absolute Gasteiger partial charge is 0.231 e. The molecule has 0 fully saturated rings. The van der Waals surface area contributed by atoms with Crippen molar-refractivity contribution in [3.05, 3.63) is 36.1 Å². The quantitative estimate of drug-likeness (QED) is 0.771. The van der Waals surface area contributed by atoms with E-state index in [1.807, 2.05) is 30.3 Å². The van der Waals surface area contributed by atoms with Crippen molar-refractivity contribution >= 4 is 16.9 Å². The van der Waals surface area contributed by atoms with E-state index >= 15 is 0 Å². The summed E-state index contributed by atoms with van der Waals surface area (Å²) in [5.41, 5.74) is -0.300. The molecule has 2 rings (SSSR count). The number of benzene rings is 1. The van der Waals surface area contributed by atoms with Crippen LogP contribution in [0, 0.1) is 0 Å². The Balaban J connectivity index is 2.18. The molecular weight excluding hydrogens is 258 g/mol. The van der Waals surface area contributed by atoms with Gasteiger partial charge < -0.3 is 19.9 Å². The molecule has 0 aliphatic heterocycles. The normalized spacial score (nSPS) is 13.4. The van der Waals surface area contributed by atoms with E-state index in [1.54, 1.807) is 13.8 Å². The van der Waals surface area contributed by atoms with Crippen LogP contribution in [0.25, 0.3) is 11.0 Å². The van der Waals surface area contributed by atoms with Gasteiger partial charge in [0.2, 0.25) is 5.91 Å². The first-order valence-corrected chi connectivity index (χ1v) is 6.51. The first-order chi connectivity index (χ1) is 9.49. The molecule has 0 bridgehead atoms. The zero-order valence-electron chi connectivity index (χ0n) is 11.6. The van der Waals surface area contributed by atoms with E-state index in [0.29, 0.717) is 5.76 Å². The van der Waals surface area contributed by atoms with Gasteiger partial charge >= 0.3 is 0 Å². The molecule has 0 unspecified atom stereocenters. The second-order valence-electron chi connectivity index (χ2n) is 5.27. The number of aliphatic hydroxyl groups is 2. The van der Waals surface area contributed by atoms with Gasteiger partial charge in [-0.1, -0.05) is 18.2 Å². The van der Waals surface area contributed by atoms with Crippen LogP contribution >= 0.6 is 0 Å². The Bertz CT molecular complexity index is 568. The molecule has 20 heavy (non-hydrogen) atoms. The lowest BCUT2D eigenvalue weighted by Crippen LogP contribution is -2.52. The highest BCUT2D eigenvalue weighted by atomic mass is 16.3. The Morgan fingerprint density at radius 2 is 2.00 bits per heavy atom. The Kier molecular flexibility index (Phi) is 4.11. The number of rotatable bonds is 5. The topological polar surface area (TPSA) is 82.7 Å². The Hall–Kier alpha value is -1.85. The number of carbonyl (C=O) groups excluding carboxylic acids is 1. The van der Waals surface area contributed by atoms with Crippen molar-refractivity contribution in [2.75, 3.05) is 13.2 Å². The van der Waals surface area contributed by atoms with E-state index in [-0.39, 0.29) is 19.1 Å². The fraction of sp³-hybridized carbons (Fsp3) is 0.400. The summed E-state index contributed by atoms with van der Waals surface area (Å²) in [5, 5.41) is 22.0. The molecule has 2 aromatic rings. The molecule has 0 aliphatic carbocycles. The number of para-hydroxylation sites is 1. The predicted molar refractivity (Wildman–Crippen MR) is 75.3 cm³/mol. The minimum atomic E-state index is -1.03. The third-order valence-corrected chi connectivity index (χ3v) is 3.39. The zero-order valence-corrected chi connectivity index (χ0v) is 11.6. The van der Waals surface area contributed by atoms with Crippen molar-refractivity contribution < 1.29 is 19.4 Å². The van der Waals surface area contributed by atoms with Gasteiger partial charge in [0.1, 0.15) is 11.3 Å². The van der Waals surface area contributed by atoms with Crippen LogP contribution in [0.5, 0.6) is 0 Å². The van der Waals surface area contributed by atoms with E-state index < -0.39 is 11.5 Å². The summed E-state index contributed by atoms with van der Waals surface area (Å²) in [6.07, 6.45) is 0. The number of nitrogens with one attached hydrogen (secondary N) is 1. The van der Waals surface area contributed by atoms with Gasteiger partial charge in [-0.3, -0.25) is 4.79 Å². The fourth-order valence-corrected chi connectivity index (χ4v) is 1.88. The maximum absolute atomic E-state index is 12.2. The molecule has 108 valence electrons. The van der Waals surface area contributed by atoms with Crippen LogP contribution < -0.4 is 5.32 Å². The molecule has 1 aromatic carbocycles. The lowest BCUT2D eigenvalue weighted by molar-refractivity contribution is -0.125. The zero-order chi connectivity index (χ0) is 14.8. The molecule has 1 heterocycles. The number of hydrogen-bond acceptors (Lipinski definition) is 4. The maximum atomic E-state index is 12.2. The number of amides is 1. The summed E-state index contributed by atoms with van der Waals surface area (Å²) in [6, 6.07) is 9.36. The minimum Gasteiger partial charge on any atom is -0.460 e. The van der Waals surface area contributed by atoms with Crippen molar-refractivity contribution in [2.24, 2.45) is 0 Å². The van der Waals surface area contributed by atoms with Gasteiger partial charge in [0.25, 0.3) is 0 Å². The molecule has 3 N–H and O–H groups in total. The summed E-state index contributed by atoms with van der Waals surface area (Å²) in [7, 11) is 0. The molecular formula is C15H19NO4. The molecule has 5 nitrogen and oxygen atoms in total. The average Bonchev–Trinajstić information content (AvgIpc) is 2.90. The van der Waals surface area contributed by atoms with Crippen LogP contribution in [-0.4, -0.2) is 34.9 Å². The summed E-state index contributed by atoms with van der Waals surface area (Å²) in [6.45, 7) is 2.64. The second kappa shape index (κ2) is 5.64. The highest BCUT2D eigenvalue weighted by molar-refractivity contribution is 5.85. The molecule has 0 aliphatic rings. The summed E-state index contributed by atoms with van der Waals surface area (Å²) >= 11 is 0. The summed E-state index contributed by atoms with van der Waals surface area (Å²) < 4.78 is 5.65. The highest BCUT2D eigenvalue weighted by Crippen LogP contribution is 2.25. The van der Waals surface area contributed by atoms with Gasteiger partial charge in [0.05, 0.1) is 24.7 Å². The number of furan rings is 1. The second-order valence-corrected chi connectivity index (χ2v) is 5.27. The summed E-state index contributed by atoms with van der Waals surface area (Å²) in [5.74, 6) is -0.239. The van der Waals surface area contributed by atoms with E-state index in [0.717, 1.165) is 11.0 Å². The fourth-order valence-electron chi connectivity index (χ4n) is 1.88. The van der Waals surface area contributed by atoms with Crippen molar-refractivity contribution in [2.45, 2.75) is 25.3 Å². The average molecular weight is 277 g/mol. The Labute approximate surface area is 117 Å². The first-order valence-electron chi connectivity index (χ1n) is 6.51. The molecule has 0 radical (unpaired) electrons. The minimum absolute atomic E-state index is 0.297. The van der Waals surface area contributed by atoms with Crippen LogP contribution in [0.2, 0.25) is 0 Å². The lowest BCUT2D eigenvalue weighted by Gasteiger charge is -2.27. The van der Waals surface area contributed by atoms with Crippen LogP contribution in [0.3, 0.4) is 0 Å². The molecule has 0 spiro atoms. The van der Waals surface area contributed by atoms with E-state index in [1.165, 1.54) is 0 Å². The SMILES string of the molecule is C[C@@H](C(=O)NC(C)(CO)CO)c1cc2ccccc2o1. The van der Waals surface area contributed by atoms with Gasteiger partial charge in [-0.2, -0.15) is 0 Å². The van der Waals surface area contributed by atoms with Gasteiger partial charge in [-0.25, -0.2) is 0 Å². The highest BCUT2D eigenvalue weighted by Gasteiger charge is 2.28. The molecule has 1 atom stereocenters. The monoisotopic (exact) mass is 277 g/mol. The van der Waals surface area contributed by atoms with Crippen LogP contribution in [0.1, 0.15) is 25.5 Å². The van der Waals surface area contributed by atoms with Gasteiger partial charge in [0, 0.05) is 5.39 Å². The molecule has 1 aromatic heterocycles. The lowest BCUT2D eigenvalue weighted by atomic mass is 10.0. The third-order valence-electron chi connectivity index (χ3n) is 3.39. The maximum Gasteiger partial charge on any atom is 0.231 e. The third kappa shape index (κ3) is 2.84. The Morgan fingerprint density at radius 3 is 2.60 bits per heavy atom. The van der Waals surface area contributed by atoms with E-state index in [9.17, 15) is 15.0 Å². The van der Waals surface area contributed by atoms with Crippen LogP contribution in [-0.2, 0) is 4.79 Å². The van der Waals surface area contributed by atoms with Gasteiger partial charge in [-0.05, 0) is 26.0 Å². The van der Waals surface area contributed by atoms with Crippen LogP contribution in [0.15, 0.2) is 34.7 Å². The van der Waals surface area contributed by atoms with Crippen molar-refractivity contribution in [1.82, 2.24) is 5.32 Å². The van der Waals surface area contributed by atoms with Crippen LogP contribution in [0.4, 0.5) is 0 Å². The largest absolute Gasteiger partial charge is 0.460 e. The first kappa shape index (κ1) is 14.6. The van der Waals surface area contributed by atoms with Crippen molar-refractivity contribution in [3.8, 4) is 0 Å². The molecule has 0 saturated heterocycles. The number of carbonyl (C=O) groups is 1.